The molecule has 0 unspecified atom stereocenters. The molecule has 7 nitrogen and oxygen atoms in total. The van der Waals surface area contributed by atoms with E-state index in [2.05, 4.69) is 14.7 Å². The molecular formula is C12H15N5O2S. The van der Waals surface area contributed by atoms with Crippen LogP contribution in [0.4, 0.5) is 10.8 Å². The fourth-order valence-corrected chi connectivity index (χ4v) is 2.39. The Balaban J connectivity index is 1.98. The van der Waals surface area contributed by atoms with Gasteiger partial charge in [-0.2, -0.15) is 4.37 Å². The highest BCUT2D eigenvalue weighted by Gasteiger charge is 2.13. The molecule has 8 heteroatoms. The normalized spacial score (nSPS) is 10.4. The first-order valence-electron chi connectivity index (χ1n) is 5.94. The Morgan fingerprint density at radius 3 is 2.85 bits per heavy atom. The van der Waals surface area contributed by atoms with E-state index >= 15 is 0 Å². The average molecular weight is 293 g/mol. The van der Waals surface area contributed by atoms with Crippen LogP contribution in [0.15, 0.2) is 24.5 Å². The van der Waals surface area contributed by atoms with Gasteiger partial charge < -0.3 is 21.5 Å². The van der Waals surface area contributed by atoms with Crippen LogP contribution in [0.5, 0.6) is 0 Å². The van der Waals surface area contributed by atoms with E-state index in [-0.39, 0.29) is 6.61 Å². The first-order chi connectivity index (χ1) is 9.68. The van der Waals surface area contributed by atoms with E-state index in [9.17, 15) is 4.79 Å². The van der Waals surface area contributed by atoms with Crippen molar-refractivity contribution in [1.82, 2.24) is 9.36 Å². The van der Waals surface area contributed by atoms with E-state index in [1.165, 1.54) is 11.5 Å². The van der Waals surface area contributed by atoms with E-state index in [1.807, 2.05) is 12.1 Å². The number of nitrogens with one attached hydrogen (secondary N) is 1. The van der Waals surface area contributed by atoms with Crippen LogP contribution in [0.3, 0.4) is 0 Å². The number of aromatic nitrogens is 2. The molecule has 0 radical (unpaired) electrons. The van der Waals surface area contributed by atoms with Gasteiger partial charge in [0.2, 0.25) is 5.91 Å². The number of anilines is 2. The number of hydrogen-bond donors (Lipinski definition) is 3. The maximum Gasteiger partial charge on any atom is 0.243 e. The van der Waals surface area contributed by atoms with Gasteiger partial charge in [-0.15, -0.1) is 0 Å². The Morgan fingerprint density at radius 1 is 1.40 bits per heavy atom. The van der Waals surface area contributed by atoms with Crippen molar-refractivity contribution in [2.75, 3.05) is 30.8 Å². The fourth-order valence-electron chi connectivity index (χ4n) is 1.63. The van der Waals surface area contributed by atoms with E-state index < -0.39 is 5.91 Å². The van der Waals surface area contributed by atoms with Gasteiger partial charge in [-0.1, -0.05) is 0 Å². The summed E-state index contributed by atoms with van der Waals surface area (Å²) in [5.41, 5.74) is 12.7. The molecule has 2 aromatic heterocycles. The second kappa shape index (κ2) is 6.83. The van der Waals surface area contributed by atoms with Gasteiger partial charge in [-0.05, 0) is 29.2 Å². The number of amides is 1. The van der Waals surface area contributed by atoms with Gasteiger partial charge in [-0.25, -0.2) is 0 Å². The van der Waals surface area contributed by atoms with Gasteiger partial charge in [0.25, 0.3) is 0 Å². The third-order valence-electron chi connectivity index (χ3n) is 2.46. The number of primary amides is 1. The molecule has 0 atom stereocenters. The van der Waals surface area contributed by atoms with Crippen LogP contribution in [-0.2, 0) is 9.53 Å². The molecule has 20 heavy (non-hydrogen) atoms. The lowest BCUT2D eigenvalue weighted by Crippen LogP contribution is -2.20. The summed E-state index contributed by atoms with van der Waals surface area (Å²) in [5, 5.41) is 4.04. The van der Waals surface area contributed by atoms with Crippen molar-refractivity contribution < 1.29 is 9.53 Å². The monoisotopic (exact) mass is 293 g/mol. The van der Waals surface area contributed by atoms with Gasteiger partial charge >= 0.3 is 0 Å². The van der Waals surface area contributed by atoms with E-state index in [0.29, 0.717) is 19.0 Å². The number of ether oxygens (including phenoxy) is 1. The molecule has 2 rings (SSSR count). The number of nitrogens with two attached hydrogens (primary N) is 2. The van der Waals surface area contributed by atoms with Crippen molar-refractivity contribution in [2.45, 2.75) is 0 Å². The quantitative estimate of drug-likeness (QED) is 0.647. The van der Waals surface area contributed by atoms with Gasteiger partial charge in [0.1, 0.15) is 17.4 Å². The molecule has 0 aliphatic rings. The van der Waals surface area contributed by atoms with Crippen LogP contribution >= 0.6 is 11.5 Å². The van der Waals surface area contributed by atoms with Crippen molar-refractivity contribution in [3.8, 4) is 11.1 Å². The smallest absolute Gasteiger partial charge is 0.243 e. The summed E-state index contributed by atoms with van der Waals surface area (Å²) in [4.78, 5) is 14.5. The third kappa shape index (κ3) is 3.65. The molecule has 0 fully saturated rings. The topological polar surface area (TPSA) is 116 Å². The van der Waals surface area contributed by atoms with Crippen molar-refractivity contribution in [3.05, 3.63) is 24.5 Å². The fraction of sp³-hybridized carbons (Fsp3) is 0.250. The number of rotatable bonds is 7. The molecule has 106 valence electrons. The predicted molar refractivity (Wildman–Crippen MR) is 78.3 cm³/mol. The maximum atomic E-state index is 10.5. The Hall–Kier alpha value is -2.19. The number of carbonyl (C=O) groups excluding carboxylic acids is 1. The summed E-state index contributed by atoms with van der Waals surface area (Å²) in [6.07, 6.45) is 3.40. The first-order valence-corrected chi connectivity index (χ1v) is 6.71. The van der Waals surface area contributed by atoms with Crippen LogP contribution in [0, 0.1) is 0 Å². The molecule has 0 aliphatic heterocycles. The van der Waals surface area contributed by atoms with Crippen molar-refractivity contribution >= 4 is 28.3 Å². The standard InChI is InChI=1S/C12H15N5O2S/c13-9(18)7-19-6-5-16-12-10(11(14)17-20-12)8-1-3-15-4-2-8/h1-4,16H,5-7H2,(H2,13,18)(H2,14,17). The second-order valence-electron chi connectivity index (χ2n) is 3.95. The van der Waals surface area contributed by atoms with Crippen LogP contribution < -0.4 is 16.8 Å². The number of nitrogen functional groups attached to an aromatic ring is 1. The maximum absolute atomic E-state index is 10.5. The lowest BCUT2D eigenvalue weighted by atomic mass is 10.1. The highest BCUT2D eigenvalue weighted by atomic mass is 32.1. The molecule has 2 heterocycles. The zero-order valence-corrected chi connectivity index (χ0v) is 11.5. The molecule has 0 spiro atoms. The Morgan fingerprint density at radius 2 is 2.15 bits per heavy atom. The van der Waals surface area contributed by atoms with E-state index in [4.69, 9.17) is 16.2 Å². The zero-order chi connectivity index (χ0) is 14.4. The van der Waals surface area contributed by atoms with E-state index in [0.717, 1.165) is 16.1 Å². The number of nitrogens with zero attached hydrogens (tertiary/aromatic N) is 2. The average Bonchev–Trinajstić information content (AvgIpc) is 2.80. The van der Waals surface area contributed by atoms with Crippen molar-refractivity contribution in [2.24, 2.45) is 5.73 Å². The lowest BCUT2D eigenvalue weighted by Gasteiger charge is -2.07. The summed E-state index contributed by atoms with van der Waals surface area (Å²) in [6, 6.07) is 3.74. The largest absolute Gasteiger partial charge is 0.382 e. The minimum Gasteiger partial charge on any atom is -0.382 e. The Labute approximate surface area is 120 Å². The zero-order valence-electron chi connectivity index (χ0n) is 10.7. The molecule has 5 N–H and O–H groups in total. The van der Waals surface area contributed by atoms with Gasteiger partial charge in [0.05, 0.1) is 12.2 Å². The number of pyridine rings is 1. The molecule has 0 saturated heterocycles. The molecule has 0 bridgehead atoms. The molecular weight excluding hydrogens is 278 g/mol. The molecule has 0 saturated carbocycles. The van der Waals surface area contributed by atoms with Crippen LogP contribution in [0.1, 0.15) is 0 Å². The van der Waals surface area contributed by atoms with E-state index in [1.54, 1.807) is 12.4 Å². The van der Waals surface area contributed by atoms with Gasteiger partial charge in [0.15, 0.2) is 0 Å². The molecule has 1 amide bonds. The van der Waals surface area contributed by atoms with Crippen molar-refractivity contribution in [1.29, 1.82) is 0 Å². The minimum absolute atomic E-state index is 0.0796. The second-order valence-corrected chi connectivity index (χ2v) is 4.73. The highest BCUT2D eigenvalue weighted by molar-refractivity contribution is 7.11. The van der Waals surface area contributed by atoms with Gasteiger partial charge in [0, 0.05) is 18.9 Å². The van der Waals surface area contributed by atoms with Crippen LogP contribution in [0.25, 0.3) is 11.1 Å². The van der Waals surface area contributed by atoms with Crippen molar-refractivity contribution in [3.63, 3.8) is 0 Å². The summed E-state index contributed by atoms with van der Waals surface area (Å²) in [6.45, 7) is 0.827. The number of carbonyl (C=O) groups is 1. The molecule has 2 aromatic rings. The summed E-state index contributed by atoms with van der Waals surface area (Å²) >= 11 is 1.28. The molecule has 0 aromatic carbocycles. The number of hydrogen-bond acceptors (Lipinski definition) is 7. The molecule has 0 aliphatic carbocycles. The van der Waals surface area contributed by atoms with Gasteiger partial charge in [-0.3, -0.25) is 9.78 Å². The summed E-state index contributed by atoms with van der Waals surface area (Å²) < 4.78 is 9.22. The Bertz CT molecular complexity index is 572. The summed E-state index contributed by atoms with van der Waals surface area (Å²) in [5.74, 6) is -0.00809. The van der Waals surface area contributed by atoms with Crippen LogP contribution in [-0.4, -0.2) is 35.0 Å². The SMILES string of the molecule is NC(=O)COCCNc1snc(N)c1-c1ccncc1. The highest BCUT2D eigenvalue weighted by Crippen LogP contribution is 2.36. The summed E-state index contributed by atoms with van der Waals surface area (Å²) in [7, 11) is 0. The predicted octanol–water partition coefficient (Wildman–Crippen LogP) is 0.701. The Kier molecular flexibility index (Phi) is 4.85. The first kappa shape index (κ1) is 14.2. The minimum atomic E-state index is -0.482. The van der Waals surface area contributed by atoms with Crippen LogP contribution in [0.2, 0.25) is 0 Å². The lowest BCUT2D eigenvalue weighted by molar-refractivity contribution is -0.122. The third-order valence-corrected chi connectivity index (χ3v) is 3.28.